The van der Waals surface area contributed by atoms with Gasteiger partial charge in [0, 0.05) is 13.1 Å². The maximum Gasteiger partial charge on any atom is 0.335 e. The molecule has 8 nitrogen and oxygen atoms in total. The molecule has 5 N–H and O–H groups in total. The summed E-state index contributed by atoms with van der Waals surface area (Å²) < 4.78 is 0. The van der Waals surface area contributed by atoms with E-state index in [9.17, 15) is 24.6 Å². The lowest BCUT2D eigenvalue weighted by molar-refractivity contribution is -0.137. The lowest BCUT2D eigenvalue weighted by Gasteiger charge is -2.17. The Morgan fingerprint density at radius 3 is 2.00 bits per heavy atom. The smallest absolute Gasteiger partial charge is 0.335 e. The van der Waals surface area contributed by atoms with E-state index in [-0.39, 0.29) is 18.7 Å². The summed E-state index contributed by atoms with van der Waals surface area (Å²) in [5.74, 6) is -2.36. The summed E-state index contributed by atoms with van der Waals surface area (Å²) in [6.45, 7) is 0.323. The molecule has 0 spiro atoms. The van der Waals surface area contributed by atoms with E-state index < -0.39 is 36.4 Å². The fourth-order valence-corrected chi connectivity index (χ4v) is 2.40. The summed E-state index contributed by atoms with van der Waals surface area (Å²) in [4.78, 5) is 34.6. The SMILES string of the molecule is O=C(C[C@H](O)[C@@H](O)C(=O)NCc1ccccc1)NCc1ccc(C(=O)O)cc1. The normalized spacial score (nSPS) is 12.6. The minimum atomic E-state index is -1.73. The summed E-state index contributed by atoms with van der Waals surface area (Å²) in [5.41, 5.74) is 1.65. The number of hydrogen-bond donors (Lipinski definition) is 5. The molecule has 0 radical (unpaired) electrons. The Morgan fingerprint density at radius 1 is 0.821 bits per heavy atom. The number of aliphatic hydroxyl groups is 2. The Kier molecular flexibility index (Phi) is 7.67. The molecule has 0 saturated carbocycles. The molecule has 2 aromatic rings. The highest BCUT2D eigenvalue weighted by atomic mass is 16.4. The number of benzene rings is 2. The van der Waals surface area contributed by atoms with Crippen molar-refractivity contribution in [2.24, 2.45) is 0 Å². The Hall–Kier alpha value is -3.23. The minimum Gasteiger partial charge on any atom is -0.478 e. The monoisotopic (exact) mass is 386 g/mol. The minimum absolute atomic E-state index is 0.127. The van der Waals surface area contributed by atoms with Crippen LogP contribution in [0.3, 0.4) is 0 Å². The molecule has 2 atom stereocenters. The molecule has 2 amide bonds. The summed E-state index contributed by atoms with van der Waals surface area (Å²) in [6.07, 6.45) is -3.73. The van der Waals surface area contributed by atoms with Gasteiger partial charge in [-0.25, -0.2) is 4.79 Å². The summed E-state index contributed by atoms with van der Waals surface area (Å²) in [6, 6.07) is 15.0. The van der Waals surface area contributed by atoms with Crippen LogP contribution in [-0.2, 0) is 22.7 Å². The van der Waals surface area contributed by atoms with Gasteiger partial charge in [-0.05, 0) is 23.3 Å². The number of hydrogen-bond acceptors (Lipinski definition) is 5. The number of rotatable bonds is 9. The summed E-state index contributed by atoms with van der Waals surface area (Å²) >= 11 is 0. The predicted octanol–water partition coefficient (Wildman–Crippen LogP) is 0.429. The Balaban J connectivity index is 1.75. The van der Waals surface area contributed by atoms with Crippen LogP contribution in [0.25, 0.3) is 0 Å². The number of carboxylic acids is 1. The van der Waals surface area contributed by atoms with Crippen molar-refractivity contribution in [3.05, 3.63) is 71.3 Å². The van der Waals surface area contributed by atoms with Crippen molar-refractivity contribution in [3.63, 3.8) is 0 Å². The average Bonchev–Trinajstić information content (AvgIpc) is 2.70. The second kappa shape index (κ2) is 10.2. The topological polar surface area (TPSA) is 136 Å². The van der Waals surface area contributed by atoms with E-state index in [2.05, 4.69) is 10.6 Å². The molecular formula is C20H22N2O6. The van der Waals surface area contributed by atoms with Crippen molar-refractivity contribution in [2.45, 2.75) is 31.7 Å². The van der Waals surface area contributed by atoms with Gasteiger partial charge in [0.2, 0.25) is 5.91 Å². The molecule has 0 heterocycles. The van der Waals surface area contributed by atoms with E-state index >= 15 is 0 Å². The molecule has 2 aromatic carbocycles. The van der Waals surface area contributed by atoms with E-state index in [4.69, 9.17) is 5.11 Å². The van der Waals surface area contributed by atoms with Gasteiger partial charge in [0.05, 0.1) is 18.1 Å². The summed E-state index contributed by atoms with van der Waals surface area (Å²) in [7, 11) is 0. The second-order valence-electron chi connectivity index (χ2n) is 6.20. The zero-order valence-corrected chi connectivity index (χ0v) is 15.0. The van der Waals surface area contributed by atoms with Crippen molar-refractivity contribution in [2.75, 3.05) is 0 Å². The maximum atomic E-state index is 11.9. The summed E-state index contributed by atoms with van der Waals surface area (Å²) in [5, 5.41) is 33.7. The van der Waals surface area contributed by atoms with Crippen LogP contribution < -0.4 is 10.6 Å². The third kappa shape index (κ3) is 6.49. The number of carboxylic acid groups (broad SMARTS) is 1. The highest BCUT2D eigenvalue weighted by Gasteiger charge is 2.26. The van der Waals surface area contributed by atoms with Gasteiger partial charge in [-0.3, -0.25) is 9.59 Å². The average molecular weight is 386 g/mol. The fraction of sp³-hybridized carbons (Fsp3) is 0.250. The molecule has 0 unspecified atom stereocenters. The van der Waals surface area contributed by atoms with Crippen LogP contribution >= 0.6 is 0 Å². The quantitative estimate of drug-likeness (QED) is 0.424. The van der Waals surface area contributed by atoms with Gasteiger partial charge in [0.25, 0.3) is 5.91 Å². The van der Waals surface area contributed by atoms with E-state index in [1.807, 2.05) is 18.2 Å². The van der Waals surface area contributed by atoms with Crippen LogP contribution in [0.2, 0.25) is 0 Å². The standard InChI is InChI=1S/C20H22N2O6/c23-16(18(25)19(26)22-12-13-4-2-1-3-5-13)10-17(24)21-11-14-6-8-15(9-7-14)20(27)28/h1-9,16,18,23,25H,10-12H2,(H,21,24)(H,22,26)(H,27,28)/t16-,18+/m0/s1. The lowest BCUT2D eigenvalue weighted by Crippen LogP contribution is -2.43. The van der Waals surface area contributed by atoms with E-state index in [0.29, 0.717) is 5.56 Å². The molecule has 0 aliphatic carbocycles. The van der Waals surface area contributed by atoms with Crippen molar-refractivity contribution in [1.82, 2.24) is 10.6 Å². The van der Waals surface area contributed by atoms with Gasteiger partial charge < -0.3 is 26.0 Å². The maximum absolute atomic E-state index is 11.9. The number of nitrogens with one attached hydrogen (secondary N) is 2. The first-order valence-electron chi connectivity index (χ1n) is 8.63. The van der Waals surface area contributed by atoms with Crippen LogP contribution in [0, 0.1) is 0 Å². The van der Waals surface area contributed by atoms with Crippen molar-refractivity contribution >= 4 is 17.8 Å². The second-order valence-corrected chi connectivity index (χ2v) is 6.20. The van der Waals surface area contributed by atoms with Gasteiger partial charge in [0.15, 0.2) is 6.10 Å². The first kappa shape index (κ1) is 21.1. The third-order valence-electron chi connectivity index (χ3n) is 4.03. The van der Waals surface area contributed by atoms with Crippen LogP contribution in [-0.4, -0.2) is 45.3 Å². The Morgan fingerprint density at radius 2 is 1.39 bits per heavy atom. The molecule has 0 aromatic heterocycles. The molecule has 0 aliphatic heterocycles. The zero-order chi connectivity index (χ0) is 20.5. The molecule has 0 bridgehead atoms. The van der Waals surface area contributed by atoms with Gasteiger partial charge >= 0.3 is 5.97 Å². The van der Waals surface area contributed by atoms with Crippen molar-refractivity contribution in [3.8, 4) is 0 Å². The molecular weight excluding hydrogens is 364 g/mol. The van der Waals surface area contributed by atoms with E-state index in [1.165, 1.54) is 12.1 Å². The van der Waals surface area contributed by atoms with Gasteiger partial charge in [-0.1, -0.05) is 42.5 Å². The predicted molar refractivity (Wildman–Crippen MR) is 100 cm³/mol. The lowest BCUT2D eigenvalue weighted by atomic mass is 10.1. The third-order valence-corrected chi connectivity index (χ3v) is 4.03. The van der Waals surface area contributed by atoms with E-state index in [0.717, 1.165) is 5.56 Å². The van der Waals surface area contributed by atoms with Crippen LogP contribution in [0.5, 0.6) is 0 Å². The highest BCUT2D eigenvalue weighted by Crippen LogP contribution is 2.06. The van der Waals surface area contributed by atoms with Crippen LogP contribution in [0.15, 0.2) is 54.6 Å². The van der Waals surface area contributed by atoms with Gasteiger partial charge in [-0.15, -0.1) is 0 Å². The first-order chi connectivity index (χ1) is 13.4. The molecule has 0 saturated heterocycles. The zero-order valence-electron chi connectivity index (χ0n) is 15.0. The Bertz CT molecular complexity index is 807. The highest BCUT2D eigenvalue weighted by molar-refractivity contribution is 5.87. The molecule has 148 valence electrons. The van der Waals surface area contributed by atoms with Gasteiger partial charge in [0.1, 0.15) is 0 Å². The molecule has 2 rings (SSSR count). The van der Waals surface area contributed by atoms with Crippen LogP contribution in [0.1, 0.15) is 27.9 Å². The fourth-order valence-electron chi connectivity index (χ4n) is 2.40. The number of amides is 2. The number of carbonyl (C=O) groups excluding carboxylic acids is 2. The molecule has 0 fully saturated rings. The number of aliphatic hydroxyl groups excluding tert-OH is 2. The van der Waals surface area contributed by atoms with Gasteiger partial charge in [-0.2, -0.15) is 0 Å². The van der Waals surface area contributed by atoms with Crippen molar-refractivity contribution < 1.29 is 29.7 Å². The Labute approximate surface area is 161 Å². The number of carbonyl (C=O) groups is 3. The molecule has 28 heavy (non-hydrogen) atoms. The number of aromatic carboxylic acids is 1. The molecule has 8 heteroatoms. The van der Waals surface area contributed by atoms with Crippen molar-refractivity contribution in [1.29, 1.82) is 0 Å². The first-order valence-corrected chi connectivity index (χ1v) is 8.63. The largest absolute Gasteiger partial charge is 0.478 e. The van der Waals surface area contributed by atoms with E-state index in [1.54, 1.807) is 24.3 Å². The molecule has 0 aliphatic rings. The van der Waals surface area contributed by atoms with Crippen LogP contribution in [0.4, 0.5) is 0 Å².